The predicted octanol–water partition coefficient (Wildman–Crippen LogP) is 3.33. The van der Waals surface area contributed by atoms with Crippen molar-refractivity contribution >= 4 is 0 Å². The van der Waals surface area contributed by atoms with Gasteiger partial charge in [-0.2, -0.15) is 13.2 Å². The largest absolute Gasteiger partial charge is 0.493 e. The third-order valence-electron chi connectivity index (χ3n) is 3.07. The van der Waals surface area contributed by atoms with Gasteiger partial charge in [-0.1, -0.05) is 6.92 Å². The van der Waals surface area contributed by atoms with Crippen LogP contribution in [-0.2, 0) is 12.8 Å². The van der Waals surface area contributed by atoms with Gasteiger partial charge in [-0.3, -0.25) is 4.57 Å². The molecule has 2 rings (SSSR count). The average molecular weight is 299 g/mol. The van der Waals surface area contributed by atoms with E-state index in [1.54, 1.807) is 23.0 Å². The highest BCUT2D eigenvalue weighted by atomic mass is 19.4. The van der Waals surface area contributed by atoms with Crippen LogP contribution in [-0.4, -0.2) is 27.8 Å². The molecule has 0 saturated carbocycles. The van der Waals surface area contributed by atoms with E-state index < -0.39 is 12.6 Å². The highest BCUT2D eigenvalue weighted by Crippen LogP contribution is 2.26. The van der Waals surface area contributed by atoms with Gasteiger partial charge < -0.3 is 4.74 Å². The Bertz CT molecular complexity index is 608. The maximum Gasteiger partial charge on any atom is 0.389 e. The minimum atomic E-state index is -4.17. The number of pyridine rings is 1. The molecule has 114 valence electrons. The molecule has 0 N–H and O–H groups in total. The molecule has 7 heteroatoms. The number of aryl methyl sites for hydroxylation is 2. The Morgan fingerprint density at radius 1 is 1.29 bits per heavy atom. The van der Waals surface area contributed by atoms with Gasteiger partial charge in [-0.25, -0.2) is 9.97 Å². The van der Waals surface area contributed by atoms with Crippen molar-refractivity contribution in [3.05, 3.63) is 36.0 Å². The zero-order chi connectivity index (χ0) is 15.5. The van der Waals surface area contributed by atoms with Crippen molar-refractivity contribution < 1.29 is 17.9 Å². The van der Waals surface area contributed by atoms with E-state index in [0.717, 1.165) is 5.82 Å². The summed E-state index contributed by atoms with van der Waals surface area (Å²) in [5.41, 5.74) is 0.492. The smallest absolute Gasteiger partial charge is 0.389 e. The van der Waals surface area contributed by atoms with Crippen LogP contribution >= 0.6 is 0 Å². The monoisotopic (exact) mass is 299 g/mol. The molecule has 0 aliphatic carbocycles. The second-order valence-electron chi connectivity index (χ2n) is 4.55. The summed E-state index contributed by atoms with van der Waals surface area (Å²) in [4.78, 5) is 8.43. The van der Waals surface area contributed by atoms with Gasteiger partial charge >= 0.3 is 6.18 Å². The summed E-state index contributed by atoms with van der Waals surface area (Å²) in [5.74, 6) is 1.77. The van der Waals surface area contributed by atoms with Crippen LogP contribution in [0.1, 0.15) is 24.7 Å². The van der Waals surface area contributed by atoms with Crippen LogP contribution in [0.15, 0.2) is 24.7 Å². The molecule has 0 radical (unpaired) electrons. The van der Waals surface area contributed by atoms with Gasteiger partial charge in [0.05, 0.1) is 7.11 Å². The summed E-state index contributed by atoms with van der Waals surface area (Å²) in [5, 5.41) is 0. The van der Waals surface area contributed by atoms with Crippen LogP contribution in [0.3, 0.4) is 0 Å². The first kappa shape index (κ1) is 15.3. The van der Waals surface area contributed by atoms with Gasteiger partial charge in [0, 0.05) is 31.4 Å². The third kappa shape index (κ3) is 3.74. The Morgan fingerprint density at radius 2 is 2.05 bits per heavy atom. The first-order valence-corrected chi connectivity index (χ1v) is 6.57. The van der Waals surface area contributed by atoms with Crippen LogP contribution in [0.4, 0.5) is 13.2 Å². The maximum atomic E-state index is 12.3. The molecule has 0 aromatic carbocycles. The first-order chi connectivity index (χ1) is 9.94. The fourth-order valence-electron chi connectivity index (χ4n) is 2.02. The van der Waals surface area contributed by atoms with Crippen molar-refractivity contribution in [2.75, 3.05) is 7.11 Å². The summed E-state index contributed by atoms with van der Waals surface area (Å²) in [6.45, 7) is 1.96. The number of nitrogens with zero attached hydrogens (tertiary/aromatic N) is 3. The molecule has 0 aliphatic heterocycles. The molecule has 0 spiro atoms. The number of ether oxygens (including phenoxy) is 1. The van der Waals surface area contributed by atoms with Crippen LogP contribution < -0.4 is 4.74 Å². The van der Waals surface area contributed by atoms with E-state index in [1.165, 1.54) is 13.3 Å². The quantitative estimate of drug-likeness (QED) is 0.850. The molecular weight excluding hydrogens is 283 g/mol. The lowest BCUT2D eigenvalue weighted by atomic mass is 10.1. The van der Waals surface area contributed by atoms with E-state index in [2.05, 4.69) is 9.97 Å². The SMILES string of the molecule is CCc1nccn1-c1ncc(CCC(F)(F)F)cc1OC. The molecule has 0 aliphatic rings. The molecule has 0 saturated heterocycles. The lowest BCUT2D eigenvalue weighted by molar-refractivity contribution is -0.134. The Kier molecular flexibility index (Phi) is 4.50. The van der Waals surface area contributed by atoms with E-state index in [0.29, 0.717) is 23.6 Å². The van der Waals surface area contributed by atoms with Crippen LogP contribution in [0, 0.1) is 0 Å². The van der Waals surface area contributed by atoms with Crippen molar-refractivity contribution in [3.63, 3.8) is 0 Å². The maximum absolute atomic E-state index is 12.3. The van der Waals surface area contributed by atoms with E-state index in [-0.39, 0.29) is 6.42 Å². The average Bonchev–Trinajstić information content (AvgIpc) is 2.92. The highest BCUT2D eigenvalue weighted by molar-refractivity contribution is 5.43. The van der Waals surface area contributed by atoms with Crippen LogP contribution in [0.5, 0.6) is 5.75 Å². The normalized spacial score (nSPS) is 11.7. The fourth-order valence-corrected chi connectivity index (χ4v) is 2.02. The molecule has 0 amide bonds. The van der Waals surface area contributed by atoms with Crippen molar-refractivity contribution in [1.82, 2.24) is 14.5 Å². The molecule has 0 unspecified atom stereocenters. The zero-order valence-electron chi connectivity index (χ0n) is 11.8. The minimum absolute atomic E-state index is 0.113. The van der Waals surface area contributed by atoms with Gasteiger partial charge in [0.15, 0.2) is 11.6 Å². The standard InChI is InChI=1S/C14H16F3N3O/c1-3-12-18-6-7-20(12)13-11(21-2)8-10(9-19-13)4-5-14(15,16)17/h6-9H,3-5H2,1-2H3. The molecule has 2 aromatic rings. The summed E-state index contributed by atoms with van der Waals surface area (Å²) >= 11 is 0. The zero-order valence-corrected chi connectivity index (χ0v) is 11.8. The van der Waals surface area contributed by atoms with Gasteiger partial charge in [-0.15, -0.1) is 0 Å². The van der Waals surface area contributed by atoms with Gasteiger partial charge in [0.25, 0.3) is 0 Å². The lowest BCUT2D eigenvalue weighted by Crippen LogP contribution is -2.09. The third-order valence-corrected chi connectivity index (χ3v) is 3.07. The summed E-state index contributed by atoms with van der Waals surface area (Å²) in [7, 11) is 1.47. The van der Waals surface area contributed by atoms with Crippen molar-refractivity contribution in [3.8, 4) is 11.6 Å². The molecule has 4 nitrogen and oxygen atoms in total. The lowest BCUT2D eigenvalue weighted by Gasteiger charge is -2.12. The molecule has 0 fully saturated rings. The van der Waals surface area contributed by atoms with E-state index in [1.807, 2.05) is 6.92 Å². The van der Waals surface area contributed by atoms with E-state index >= 15 is 0 Å². The van der Waals surface area contributed by atoms with Crippen molar-refractivity contribution in [1.29, 1.82) is 0 Å². The van der Waals surface area contributed by atoms with Crippen LogP contribution in [0.25, 0.3) is 5.82 Å². The summed E-state index contributed by atoms with van der Waals surface area (Å²) in [6, 6.07) is 1.59. The number of halogens is 3. The molecule has 2 aromatic heterocycles. The fraction of sp³-hybridized carbons (Fsp3) is 0.429. The topological polar surface area (TPSA) is 39.9 Å². The van der Waals surface area contributed by atoms with E-state index in [4.69, 9.17) is 4.74 Å². The predicted molar refractivity (Wildman–Crippen MR) is 71.7 cm³/mol. The van der Waals surface area contributed by atoms with Gasteiger partial charge in [0.2, 0.25) is 0 Å². The van der Waals surface area contributed by atoms with Crippen LogP contribution in [0.2, 0.25) is 0 Å². The Hall–Kier alpha value is -2.05. The first-order valence-electron chi connectivity index (χ1n) is 6.57. The second kappa shape index (κ2) is 6.15. The summed E-state index contributed by atoms with van der Waals surface area (Å²) < 4.78 is 43.8. The highest BCUT2D eigenvalue weighted by Gasteiger charge is 2.26. The van der Waals surface area contributed by atoms with Crippen molar-refractivity contribution in [2.45, 2.75) is 32.4 Å². The Morgan fingerprint density at radius 3 is 2.67 bits per heavy atom. The second-order valence-corrected chi connectivity index (χ2v) is 4.55. The molecular formula is C14H16F3N3O. The number of aromatic nitrogens is 3. The number of imidazole rings is 1. The number of hydrogen-bond acceptors (Lipinski definition) is 3. The molecule has 21 heavy (non-hydrogen) atoms. The number of alkyl halides is 3. The summed E-state index contributed by atoms with van der Waals surface area (Å²) in [6.07, 6.45) is 0.402. The molecule has 2 heterocycles. The number of rotatable bonds is 5. The Labute approximate surface area is 120 Å². The minimum Gasteiger partial charge on any atom is -0.493 e. The molecule has 0 bridgehead atoms. The number of methoxy groups -OCH3 is 1. The Balaban J connectivity index is 2.29. The van der Waals surface area contributed by atoms with E-state index in [9.17, 15) is 13.2 Å². The molecule has 0 atom stereocenters. The van der Waals surface area contributed by atoms with Gasteiger partial charge in [0.1, 0.15) is 5.82 Å². The van der Waals surface area contributed by atoms with Gasteiger partial charge in [-0.05, 0) is 18.1 Å². The van der Waals surface area contributed by atoms with Crippen molar-refractivity contribution in [2.24, 2.45) is 0 Å². The number of hydrogen-bond donors (Lipinski definition) is 0.